The van der Waals surface area contributed by atoms with Gasteiger partial charge in [0.1, 0.15) is 0 Å². The lowest BCUT2D eigenvalue weighted by Crippen LogP contribution is -2.34. The minimum atomic E-state index is 0.219. The number of halogens is 1. The molecule has 0 saturated carbocycles. The van der Waals surface area contributed by atoms with Crippen LogP contribution in [0.3, 0.4) is 0 Å². The molecular weight excluding hydrogens is 262 g/mol. The second-order valence-corrected chi connectivity index (χ2v) is 5.40. The van der Waals surface area contributed by atoms with Crippen molar-refractivity contribution in [3.8, 4) is 0 Å². The molecule has 0 bridgehead atoms. The van der Waals surface area contributed by atoms with Crippen molar-refractivity contribution in [3.05, 3.63) is 16.4 Å². The van der Waals surface area contributed by atoms with Crippen LogP contribution < -0.4 is 5.73 Å². The fourth-order valence-electron chi connectivity index (χ4n) is 1.97. The van der Waals surface area contributed by atoms with Gasteiger partial charge in [0.15, 0.2) is 0 Å². The van der Waals surface area contributed by atoms with Crippen LogP contribution in [0.2, 0.25) is 5.02 Å². The highest BCUT2D eigenvalue weighted by Crippen LogP contribution is 2.23. The number of amidine groups is 1. The molecule has 0 saturated heterocycles. The first-order valence-corrected chi connectivity index (χ1v) is 7.01. The van der Waals surface area contributed by atoms with Crippen LogP contribution in [0.1, 0.15) is 38.6 Å². The van der Waals surface area contributed by atoms with E-state index in [0.717, 1.165) is 35.9 Å². The number of hydrogen-bond acceptors (Lipinski definition) is 3. The van der Waals surface area contributed by atoms with Gasteiger partial charge in [-0.2, -0.15) is 5.10 Å². The molecule has 19 heavy (non-hydrogen) atoms. The van der Waals surface area contributed by atoms with E-state index in [0.29, 0.717) is 12.5 Å². The van der Waals surface area contributed by atoms with Crippen LogP contribution in [0.5, 0.6) is 0 Å². The number of hydrogen-bond donors (Lipinski definition) is 2. The number of nitrogens with one attached hydrogen (secondary N) is 1. The Bertz CT molecular complexity index is 438. The van der Waals surface area contributed by atoms with Gasteiger partial charge in [0, 0.05) is 32.6 Å². The summed E-state index contributed by atoms with van der Waals surface area (Å²) < 4.78 is 1.85. The number of aryl methyl sites for hydroxylation is 2. The molecule has 6 heteroatoms. The van der Waals surface area contributed by atoms with Crippen molar-refractivity contribution in [1.29, 1.82) is 5.41 Å². The van der Waals surface area contributed by atoms with E-state index in [1.807, 2.05) is 18.7 Å². The lowest BCUT2D eigenvalue weighted by molar-refractivity contribution is 0.213. The Morgan fingerprint density at radius 2 is 2.16 bits per heavy atom. The van der Waals surface area contributed by atoms with Gasteiger partial charge in [-0.3, -0.25) is 15.0 Å². The van der Waals surface area contributed by atoms with Crippen LogP contribution in [-0.2, 0) is 20.0 Å². The molecule has 0 aliphatic rings. The highest BCUT2D eigenvalue weighted by atomic mass is 35.5. The third kappa shape index (κ3) is 4.21. The second-order valence-electron chi connectivity index (χ2n) is 5.02. The monoisotopic (exact) mass is 285 g/mol. The molecule has 1 heterocycles. The maximum absolute atomic E-state index is 7.33. The molecule has 0 aliphatic carbocycles. The summed E-state index contributed by atoms with van der Waals surface area (Å²) in [6, 6.07) is 0.371. The predicted octanol–water partition coefficient (Wildman–Crippen LogP) is 2.17. The van der Waals surface area contributed by atoms with Gasteiger partial charge in [-0.15, -0.1) is 0 Å². The zero-order valence-corrected chi connectivity index (χ0v) is 13.0. The van der Waals surface area contributed by atoms with Gasteiger partial charge in [-0.25, -0.2) is 0 Å². The summed E-state index contributed by atoms with van der Waals surface area (Å²) in [7, 11) is 1.92. The van der Waals surface area contributed by atoms with E-state index in [4.69, 9.17) is 22.7 Å². The van der Waals surface area contributed by atoms with E-state index in [1.54, 1.807) is 0 Å². The lowest BCUT2D eigenvalue weighted by atomic mass is 10.2. The van der Waals surface area contributed by atoms with Crippen LogP contribution in [-0.4, -0.2) is 33.1 Å². The topological polar surface area (TPSA) is 70.9 Å². The van der Waals surface area contributed by atoms with Crippen LogP contribution >= 0.6 is 11.6 Å². The third-order valence-electron chi connectivity index (χ3n) is 3.25. The van der Waals surface area contributed by atoms with Gasteiger partial charge >= 0.3 is 0 Å². The number of nitrogens with zero attached hydrogens (tertiary/aromatic N) is 3. The Labute approximate surface area is 120 Å². The average Bonchev–Trinajstić information content (AvgIpc) is 2.60. The Morgan fingerprint density at radius 3 is 2.58 bits per heavy atom. The Balaban J connectivity index is 2.84. The summed E-state index contributed by atoms with van der Waals surface area (Å²) in [5.74, 6) is 0.219. The molecule has 3 N–H and O–H groups in total. The van der Waals surface area contributed by atoms with Crippen LogP contribution in [0.4, 0.5) is 0 Å². The van der Waals surface area contributed by atoms with Crippen molar-refractivity contribution in [2.75, 3.05) is 6.54 Å². The van der Waals surface area contributed by atoms with Crippen LogP contribution in [0.25, 0.3) is 0 Å². The molecule has 0 spiro atoms. The molecule has 1 aromatic heterocycles. The number of aromatic nitrogens is 2. The molecule has 0 atom stereocenters. The Morgan fingerprint density at radius 1 is 1.53 bits per heavy atom. The van der Waals surface area contributed by atoms with Crippen molar-refractivity contribution in [2.24, 2.45) is 12.8 Å². The summed E-state index contributed by atoms with van der Waals surface area (Å²) >= 11 is 6.36. The number of nitrogens with two attached hydrogens (primary N) is 1. The summed E-state index contributed by atoms with van der Waals surface area (Å²) in [6.45, 7) is 7.80. The summed E-state index contributed by atoms with van der Waals surface area (Å²) in [5.41, 5.74) is 7.40. The van der Waals surface area contributed by atoms with E-state index in [2.05, 4.69) is 23.8 Å². The second kappa shape index (κ2) is 6.91. The smallest absolute Gasteiger partial charge is 0.0918 e. The maximum atomic E-state index is 7.33. The first-order valence-electron chi connectivity index (χ1n) is 6.64. The molecule has 1 aromatic rings. The molecule has 1 rings (SSSR count). The van der Waals surface area contributed by atoms with Gasteiger partial charge in [-0.05, 0) is 20.3 Å². The van der Waals surface area contributed by atoms with Gasteiger partial charge in [0.2, 0.25) is 0 Å². The SMILES string of the molecule is CCc1nn(C)c(CN(CCC(=N)N)C(C)C)c1Cl. The standard InChI is InChI=1S/C13H24ClN5/c1-5-10-13(14)11(18(4)17-10)8-19(9(2)3)7-6-12(15)16/h9H,5-8H2,1-4H3,(H3,15,16). The normalized spacial score (nSPS) is 11.5. The van der Waals surface area contributed by atoms with Crippen molar-refractivity contribution < 1.29 is 0 Å². The first kappa shape index (κ1) is 16.0. The van der Waals surface area contributed by atoms with Gasteiger partial charge in [0.25, 0.3) is 0 Å². The average molecular weight is 286 g/mol. The summed E-state index contributed by atoms with van der Waals surface area (Å²) in [4.78, 5) is 2.25. The minimum absolute atomic E-state index is 0.219. The third-order valence-corrected chi connectivity index (χ3v) is 3.69. The fraction of sp³-hybridized carbons (Fsp3) is 0.692. The van der Waals surface area contributed by atoms with E-state index in [-0.39, 0.29) is 5.84 Å². The largest absolute Gasteiger partial charge is 0.388 e. The zero-order chi connectivity index (χ0) is 14.6. The molecule has 0 aromatic carbocycles. The van der Waals surface area contributed by atoms with Gasteiger partial charge in [-0.1, -0.05) is 18.5 Å². The molecule has 0 unspecified atom stereocenters. The molecule has 108 valence electrons. The molecule has 0 aliphatic heterocycles. The fourth-order valence-corrected chi connectivity index (χ4v) is 2.32. The molecule has 0 fully saturated rings. The van der Waals surface area contributed by atoms with E-state index in [9.17, 15) is 0 Å². The van der Waals surface area contributed by atoms with Crippen LogP contribution in [0, 0.1) is 5.41 Å². The molecule has 0 radical (unpaired) electrons. The molecule has 5 nitrogen and oxygen atoms in total. The highest BCUT2D eigenvalue weighted by molar-refractivity contribution is 6.31. The van der Waals surface area contributed by atoms with Crippen molar-refractivity contribution in [1.82, 2.24) is 14.7 Å². The lowest BCUT2D eigenvalue weighted by Gasteiger charge is -2.26. The maximum Gasteiger partial charge on any atom is 0.0918 e. The molecular formula is C13H24ClN5. The highest BCUT2D eigenvalue weighted by Gasteiger charge is 2.18. The summed E-state index contributed by atoms with van der Waals surface area (Å²) in [6.07, 6.45) is 1.41. The zero-order valence-electron chi connectivity index (χ0n) is 12.2. The van der Waals surface area contributed by atoms with E-state index >= 15 is 0 Å². The van der Waals surface area contributed by atoms with Crippen LogP contribution in [0.15, 0.2) is 0 Å². The summed E-state index contributed by atoms with van der Waals surface area (Å²) in [5, 5.41) is 12.5. The van der Waals surface area contributed by atoms with Crippen molar-refractivity contribution in [2.45, 2.75) is 46.2 Å². The number of rotatable bonds is 7. The Kier molecular flexibility index (Phi) is 5.82. The molecule has 0 amide bonds. The quantitative estimate of drug-likeness (QED) is 0.596. The van der Waals surface area contributed by atoms with E-state index in [1.165, 1.54) is 0 Å². The van der Waals surface area contributed by atoms with Crippen molar-refractivity contribution >= 4 is 17.4 Å². The van der Waals surface area contributed by atoms with Crippen molar-refractivity contribution in [3.63, 3.8) is 0 Å². The Hall–Kier alpha value is -1.07. The minimum Gasteiger partial charge on any atom is -0.388 e. The van der Waals surface area contributed by atoms with Gasteiger partial charge in [0.05, 0.1) is 22.2 Å². The van der Waals surface area contributed by atoms with Gasteiger partial charge < -0.3 is 5.73 Å². The van der Waals surface area contributed by atoms with E-state index < -0.39 is 0 Å². The first-order chi connectivity index (χ1) is 8.86. The predicted molar refractivity (Wildman–Crippen MR) is 79.7 cm³/mol.